The zero-order chi connectivity index (χ0) is 8.74. The summed E-state index contributed by atoms with van der Waals surface area (Å²) in [5, 5.41) is 0. The molecule has 0 heterocycles. The number of hydrogen-bond donors (Lipinski definition) is 1. The van der Waals surface area contributed by atoms with Gasteiger partial charge in [0.15, 0.2) is 0 Å². The molecule has 0 rings (SSSR count). The Kier molecular flexibility index (Phi) is 5.16. The lowest BCUT2D eigenvalue weighted by molar-refractivity contribution is 0.0847. The van der Waals surface area contributed by atoms with E-state index in [4.69, 9.17) is 5.90 Å². The van der Waals surface area contributed by atoms with Crippen LogP contribution in [0.2, 0.25) is 0 Å². The number of allylic oxidation sites excluding steroid dienone is 1. The molecular weight excluding hydrogens is 138 g/mol. The Balaban J connectivity index is 3.69. The van der Waals surface area contributed by atoms with Crippen molar-refractivity contribution in [2.75, 3.05) is 6.61 Å². The summed E-state index contributed by atoms with van der Waals surface area (Å²) in [4.78, 5) is 4.59. The van der Waals surface area contributed by atoms with Gasteiger partial charge in [-0.05, 0) is 6.42 Å². The van der Waals surface area contributed by atoms with Crippen molar-refractivity contribution >= 4 is 0 Å². The summed E-state index contributed by atoms with van der Waals surface area (Å²) in [5.74, 6) is 4.98. The summed E-state index contributed by atoms with van der Waals surface area (Å²) in [7, 11) is 0. The third-order valence-corrected chi connectivity index (χ3v) is 1.48. The van der Waals surface area contributed by atoms with Gasteiger partial charge in [0.25, 0.3) is 0 Å². The predicted octanol–water partition coefficient (Wildman–Crippen LogP) is 2.26. The molecule has 2 heteroatoms. The molecule has 66 valence electrons. The second-order valence-corrected chi connectivity index (χ2v) is 3.49. The normalized spacial score (nSPS) is 12.7. The lowest BCUT2D eigenvalue weighted by Crippen LogP contribution is -2.18. The maximum absolute atomic E-state index is 4.98. The molecule has 0 aromatic heterocycles. The highest BCUT2D eigenvalue weighted by atomic mass is 16.6. The van der Waals surface area contributed by atoms with Crippen LogP contribution in [0.3, 0.4) is 0 Å². The minimum Gasteiger partial charge on any atom is -0.304 e. The summed E-state index contributed by atoms with van der Waals surface area (Å²) in [6.07, 6.45) is 6.66. The molecule has 0 bridgehead atoms. The van der Waals surface area contributed by atoms with E-state index in [1.807, 2.05) is 0 Å². The van der Waals surface area contributed by atoms with E-state index in [1.165, 1.54) is 6.42 Å². The van der Waals surface area contributed by atoms with Gasteiger partial charge in [-0.25, -0.2) is 5.90 Å². The molecule has 0 atom stereocenters. The molecular formula is C9H19NO. The van der Waals surface area contributed by atoms with Gasteiger partial charge in [-0.2, -0.15) is 0 Å². The monoisotopic (exact) mass is 157 g/mol. The average molecular weight is 157 g/mol. The highest BCUT2D eigenvalue weighted by Gasteiger charge is 2.12. The molecule has 0 saturated heterocycles. The Bertz CT molecular complexity index is 119. The number of nitrogens with two attached hydrogens (primary N) is 1. The van der Waals surface area contributed by atoms with Gasteiger partial charge in [0.1, 0.15) is 0 Å². The molecule has 0 aromatic carbocycles. The fourth-order valence-corrected chi connectivity index (χ4v) is 0.832. The van der Waals surface area contributed by atoms with Crippen molar-refractivity contribution in [2.24, 2.45) is 11.3 Å². The van der Waals surface area contributed by atoms with Crippen LogP contribution in [0.1, 0.15) is 33.6 Å². The van der Waals surface area contributed by atoms with Gasteiger partial charge in [-0.3, -0.25) is 0 Å². The van der Waals surface area contributed by atoms with Crippen LogP contribution in [-0.4, -0.2) is 6.61 Å². The van der Waals surface area contributed by atoms with Gasteiger partial charge in [0, 0.05) is 5.41 Å². The zero-order valence-corrected chi connectivity index (χ0v) is 7.76. The lowest BCUT2D eigenvalue weighted by Gasteiger charge is -2.17. The summed E-state index contributed by atoms with van der Waals surface area (Å²) in [6, 6.07) is 0. The van der Waals surface area contributed by atoms with Crippen molar-refractivity contribution in [2.45, 2.75) is 33.6 Å². The minimum atomic E-state index is 0.0733. The molecule has 0 aliphatic heterocycles. The molecule has 0 amide bonds. The summed E-state index contributed by atoms with van der Waals surface area (Å²) in [5.41, 5.74) is 0.0733. The van der Waals surface area contributed by atoms with Gasteiger partial charge in [0.05, 0.1) is 6.61 Å². The number of unbranched alkanes of at least 4 members (excludes halogenated alkanes) is 1. The smallest absolute Gasteiger partial charge is 0.0764 e. The molecule has 0 fully saturated rings. The van der Waals surface area contributed by atoms with Gasteiger partial charge in [-0.15, -0.1) is 0 Å². The Morgan fingerprint density at radius 1 is 1.45 bits per heavy atom. The zero-order valence-electron chi connectivity index (χ0n) is 7.76. The van der Waals surface area contributed by atoms with E-state index in [0.29, 0.717) is 6.61 Å². The van der Waals surface area contributed by atoms with Crippen molar-refractivity contribution in [3.63, 3.8) is 0 Å². The Hall–Kier alpha value is -0.340. The van der Waals surface area contributed by atoms with Crippen LogP contribution in [0.25, 0.3) is 0 Å². The van der Waals surface area contributed by atoms with Crippen LogP contribution in [0.5, 0.6) is 0 Å². The second kappa shape index (κ2) is 5.33. The molecule has 0 unspecified atom stereocenters. The number of rotatable bonds is 5. The lowest BCUT2D eigenvalue weighted by atomic mass is 9.94. The van der Waals surface area contributed by atoms with Crippen LogP contribution in [0, 0.1) is 5.41 Å². The Morgan fingerprint density at radius 3 is 2.55 bits per heavy atom. The fourth-order valence-electron chi connectivity index (χ4n) is 0.832. The molecule has 11 heavy (non-hydrogen) atoms. The highest BCUT2D eigenvalue weighted by Crippen LogP contribution is 2.16. The van der Waals surface area contributed by atoms with E-state index in [-0.39, 0.29) is 5.41 Å². The van der Waals surface area contributed by atoms with Gasteiger partial charge >= 0.3 is 0 Å². The van der Waals surface area contributed by atoms with E-state index in [2.05, 4.69) is 37.8 Å². The standard InChI is InChI=1S/C9H19NO/c1-4-5-6-7-9(2,3)8-11-10/h6-7H,4-5,8,10H2,1-3H3/b7-6+. The van der Waals surface area contributed by atoms with E-state index in [9.17, 15) is 0 Å². The van der Waals surface area contributed by atoms with E-state index in [1.54, 1.807) is 0 Å². The highest BCUT2D eigenvalue weighted by molar-refractivity contribution is 4.94. The first-order valence-corrected chi connectivity index (χ1v) is 4.12. The first-order valence-electron chi connectivity index (χ1n) is 4.12. The van der Waals surface area contributed by atoms with E-state index < -0.39 is 0 Å². The van der Waals surface area contributed by atoms with Gasteiger partial charge in [0.2, 0.25) is 0 Å². The van der Waals surface area contributed by atoms with Crippen molar-refractivity contribution in [3.8, 4) is 0 Å². The summed E-state index contributed by atoms with van der Waals surface area (Å²) < 4.78 is 0. The number of hydrogen-bond acceptors (Lipinski definition) is 2. The molecule has 0 aromatic rings. The maximum atomic E-state index is 4.98. The molecule has 0 spiro atoms. The largest absolute Gasteiger partial charge is 0.304 e. The van der Waals surface area contributed by atoms with E-state index >= 15 is 0 Å². The molecule has 0 aliphatic carbocycles. The Morgan fingerprint density at radius 2 is 2.09 bits per heavy atom. The summed E-state index contributed by atoms with van der Waals surface area (Å²) in [6.45, 7) is 6.95. The van der Waals surface area contributed by atoms with Crippen LogP contribution in [0.15, 0.2) is 12.2 Å². The van der Waals surface area contributed by atoms with Crippen molar-refractivity contribution in [1.82, 2.24) is 0 Å². The van der Waals surface area contributed by atoms with Gasteiger partial charge < -0.3 is 4.84 Å². The topological polar surface area (TPSA) is 35.2 Å². The van der Waals surface area contributed by atoms with E-state index in [0.717, 1.165) is 6.42 Å². The van der Waals surface area contributed by atoms with Crippen LogP contribution >= 0.6 is 0 Å². The van der Waals surface area contributed by atoms with Gasteiger partial charge in [-0.1, -0.05) is 39.3 Å². The SMILES string of the molecule is CCC/C=C/C(C)(C)CON. The van der Waals surface area contributed by atoms with Crippen LogP contribution < -0.4 is 5.90 Å². The molecule has 2 nitrogen and oxygen atoms in total. The third kappa shape index (κ3) is 6.07. The fraction of sp³-hybridized carbons (Fsp3) is 0.778. The second-order valence-electron chi connectivity index (χ2n) is 3.49. The van der Waals surface area contributed by atoms with Crippen molar-refractivity contribution < 1.29 is 4.84 Å². The summed E-state index contributed by atoms with van der Waals surface area (Å²) >= 11 is 0. The first-order chi connectivity index (χ1) is 5.12. The predicted molar refractivity (Wildman–Crippen MR) is 48.0 cm³/mol. The van der Waals surface area contributed by atoms with Crippen molar-refractivity contribution in [3.05, 3.63) is 12.2 Å². The first kappa shape index (κ1) is 10.7. The molecule has 2 N–H and O–H groups in total. The third-order valence-electron chi connectivity index (χ3n) is 1.48. The maximum Gasteiger partial charge on any atom is 0.0764 e. The average Bonchev–Trinajstić information content (AvgIpc) is 1.87. The molecule has 0 saturated carbocycles. The quantitative estimate of drug-likeness (QED) is 0.490. The van der Waals surface area contributed by atoms with Crippen LogP contribution in [0.4, 0.5) is 0 Å². The van der Waals surface area contributed by atoms with Crippen LogP contribution in [-0.2, 0) is 4.84 Å². The Labute approximate surface area is 69.4 Å². The van der Waals surface area contributed by atoms with Crippen molar-refractivity contribution in [1.29, 1.82) is 0 Å². The minimum absolute atomic E-state index is 0.0733. The molecule has 0 aliphatic rings. The molecule has 0 radical (unpaired) electrons.